The Morgan fingerprint density at radius 2 is 1.90 bits per heavy atom. The number of thiazole rings is 1. The lowest BCUT2D eigenvalue weighted by molar-refractivity contribution is -0.117. The molecule has 0 aliphatic rings. The normalized spacial score (nSPS) is 11.2. The van der Waals surface area contributed by atoms with Gasteiger partial charge >= 0.3 is 6.61 Å². The number of alkyl halides is 2. The van der Waals surface area contributed by atoms with Gasteiger partial charge in [0.2, 0.25) is 5.91 Å². The monoisotopic (exact) mass is 439 g/mol. The molecule has 10 heteroatoms. The Morgan fingerprint density at radius 3 is 2.57 bits per heavy atom. The Balaban J connectivity index is 1.52. The summed E-state index contributed by atoms with van der Waals surface area (Å²) in [4.78, 5) is 18.2. The molecule has 1 heterocycles. The van der Waals surface area contributed by atoms with Crippen molar-refractivity contribution in [3.05, 3.63) is 65.0 Å². The van der Waals surface area contributed by atoms with Crippen LogP contribution in [0.4, 0.5) is 22.7 Å². The third-order valence-corrected chi connectivity index (χ3v) is 4.74. The molecule has 5 nitrogen and oxygen atoms in total. The molecule has 0 fully saturated rings. The van der Waals surface area contributed by atoms with E-state index in [1.165, 1.54) is 29.5 Å². The van der Waals surface area contributed by atoms with Gasteiger partial charge in [0.15, 0.2) is 16.8 Å². The fourth-order valence-electron chi connectivity index (χ4n) is 2.67. The number of nitrogens with one attached hydrogen (secondary N) is 1. The summed E-state index contributed by atoms with van der Waals surface area (Å²) in [6.45, 7) is -2.40. The molecule has 0 bridgehead atoms. The maximum absolute atomic E-state index is 13.4. The highest BCUT2D eigenvalue weighted by molar-refractivity contribution is 7.14. The number of ether oxygens (including phenoxy) is 1. The lowest BCUT2D eigenvalue weighted by Crippen LogP contribution is -2.29. The maximum atomic E-state index is 13.4. The van der Waals surface area contributed by atoms with Crippen molar-refractivity contribution in [2.75, 3.05) is 18.9 Å². The van der Waals surface area contributed by atoms with Crippen LogP contribution in [0.5, 0.6) is 5.75 Å². The molecule has 1 N–H and O–H groups in total. The fraction of sp³-hybridized carbons (Fsp3) is 0.200. The standard InChI is InChI=1S/C20H17F4N3O2S/c1-27(9-12-2-5-14(6-3-12)29-19(23)24)10-18(28)26-20-25-17(11-30-20)13-4-7-15(21)16(22)8-13/h2-8,11,19H,9-10H2,1H3,(H,25,26,28). The molecule has 1 aromatic heterocycles. The zero-order valence-corrected chi connectivity index (χ0v) is 16.6. The first-order valence-electron chi connectivity index (χ1n) is 8.73. The van der Waals surface area contributed by atoms with Gasteiger partial charge in [0, 0.05) is 17.5 Å². The number of hydrogen-bond donors (Lipinski definition) is 1. The van der Waals surface area contributed by atoms with Gasteiger partial charge in [-0.3, -0.25) is 9.69 Å². The average molecular weight is 439 g/mol. The number of carbonyl (C=O) groups is 1. The predicted octanol–water partition coefficient (Wildman–Crippen LogP) is 4.76. The predicted molar refractivity (Wildman–Crippen MR) is 106 cm³/mol. The van der Waals surface area contributed by atoms with Crippen LogP contribution in [0.15, 0.2) is 47.8 Å². The summed E-state index contributed by atoms with van der Waals surface area (Å²) < 4.78 is 55.1. The number of benzene rings is 2. The fourth-order valence-corrected chi connectivity index (χ4v) is 3.40. The second-order valence-electron chi connectivity index (χ2n) is 6.41. The molecule has 30 heavy (non-hydrogen) atoms. The number of rotatable bonds is 8. The van der Waals surface area contributed by atoms with Gasteiger partial charge in [-0.25, -0.2) is 13.8 Å². The number of anilines is 1. The first kappa shape index (κ1) is 21.7. The van der Waals surface area contributed by atoms with E-state index in [9.17, 15) is 22.4 Å². The molecule has 0 saturated carbocycles. The Kier molecular flexibility index (Phi) is 7.01. The number of aromatic nitrogens is 1. The number of hydrogen-bond acceptors (Lipinski definition) is 5. The van der Waals surface area contributed by atoms with E-state index in [1.54, 1.807) is 29.5 Å². The number of amides is 1. The van der Waals surface area contributed by atoms with Crippen molar-refractivity contribution in [2.45, 2.75) is 13.2 Å². The van der Waals surface area contributed by atoms with Crippen LogP contribution in [-0.2, 0) is 11.3 Å². The second-order valence-corrected chi connectivity index (χ2v) is 7.27. The summed E-state index contributed by atoms with van der Waals surface area (Å²) in [6.07, 6.45) is 0. The van der Waals surface area contributed by atoms with Crippen LogP contribution in [0.3, 0.4) is 0 Å². The molecule has 158 valence electrons. The number of likely N-dealkylation sites (N-methyl/N-ethyl adjacent to an activating group) is 1. The van der Waals surface area contributed by atoms with Crippen LogP contribution in [0, 0.1) is 11.6 Å². The SMILES string of the molecule is CN(CC(=O)Nc1nc(-c2ccc(F)c(F)c2)cs1)Cc1ccc(OC(F)F)cc1. The van der Waals surface area contributed by atoms with E-state index in [2.05, 4.69) is 15.0 Å². The summed E-state index contributed by atoms with van der Waals surface area (Å²) in [7, 11) is 1.73. The van der Waals surface area contributed by atoms with Crippen LogP contribution in [0.2, 0.25) is 0 Å². The highest BCUT2D eigenvalue weighted by Crippen LogP contribution is 2.26. The van der Waals surface area contributed by atoms with Gasteiger partial charge in [0.25, 0.3) is 0 Å². The molecule has 0 aliphatic heterocycles. The largest absolute Gasteiger partial charge is 0.435 e. The summed E-state index contributed by atoms with van der Waals surface area (Å²) in [5.41, 5.74) is 1.65. The van der Waals surface area contributed by atoms with Crippen molar-refractivity contribution in [1.29, 1.82) is 0 Å². The first-order valence-corrected chi connectivity index (χ1v) is 9.61. The van der Waals surface area contributed by atoms with E-state index in [0.29, 0.717) is 22.9 Å². The Hall–Kier alpha value is -2.98. The van der Waals surface area contributed by atoms with Crippen LogP contribution in [-0.4, -0.2) is 36.0 Å². The van der Waals surface area contributed by atoms with Gasteiger partial charge in [-0.1, -0.05) is 12.1 Å². The summed E-state index contributed by atoms with van der Waals surface area (Å²) in [5, 5.41) is 4.63. The van der Waals surface area contributed by atoms with E-state index in [4.69, 9.17) is 0 Å². The van der Waals surface area contributed by atoms with Crippen molar-refractivity contribution in [1.82, 2.24) is 9.88 Å². The van der Waals surface area contributed by atoms with Crippen LogP contribution in [0.1, 0.15) is 5.56 Å². The maximum Gasteiger partial charge on any atom is 0.387 e. The lowest BCUT2D eigenvalue weighted by Gasteiger charge is -2.16. The van der Waals surface area contributed by atoms with E-state index in [0.717, 1.165) is 17.7 Å². The smallest absolute Gasteiger partial charge is 0.387 e. The van der Waals surface area contributed by atoms with Crippen molar-refractivity contribution >= 4 is 22.4 Å². The zero-order valence-electron chi connectivity index (χ0n) is 15.7. The van der Waals surface area contributed by atoms with Gasteiger partial charge in [0.1, 0.15) is 5.75 Å². The molecule has 0 unspecified atom stereocenters. The molecular weight excluding hydrogens is 422 g/mol. The molecule has 3 aromatic rings. The quantitative estimate of drug-likeness (QED) is 0.515. The van der Waals surface area contributed by atoms with Gasteiger partial charge in [0.05, 0.1) is 12.2 Å². The molecule has 0 saturated heterocycles. The minimum Gasteiger partial charge on any atom is -0.435 e. The minimum atomic E-state index is -2.88. The molecule has 0 aliphatic carbocycles. The summed E-state index contributed by atoms with van der Waals surface area (Å²) in [5.74, 6) is -2.15. The molecule has 0 radical (unpaired) electrons. The van der Waals surface area contributed by atoms with Gasteiger partial charge in [-0.2, -0.15) is 8.78 Å². The third-order valence-electron chi connectivity index (χ3n) is 3.98. The summed E-state index contributed by atoms with van der Waals surface area (Å²) >= 11 is 1.17. The Labute approximate surface area is 173 Å². The average Bonchev–Trinajstić information content (AvgIpc) is 3.13. The molecule has 1 amide bonds. The van der Waals surface area contributed by atoms with Gasteiger partial charge < -0.3 is 10.1 Å². The van der Waals surface area contributed by atoms with Crippen LogP contribution < -0.4 is 10.1 Å². The third kappa shape index (κ3) is 6.01. The van der Waals surface area contributed by atoms with Crippen molar-refractivity contribution < 1.29 is 27.1 Å². The van der Waals surface area contributed by atoms with Crippen molar-refractivity contribution in [3.8, 4) is 17.0 Å². The summed E-state index contributed by atoms with van der Waals surface area (Å²) in [6, 6.07) is 9.62. The Bertz CT molecular complexity index is 1010. The number of carbonyl (C=O) groups excluding carboxylic acids is 1. The van der Waals surface area contributed by atoms with E-state index in [1.807, 2.05) is 0 Å². The van der Waals surface area contributed by atoms with Gasteiger partial charge in [-0.05, 0) is 42.9 Å². The lowest BCUT2D eigenvalue weighted by atomic mass is 10.2. The topological polar surface area (TPSA) is 54.5 Å². The highest BCUT2D eigenvalue weighted by atomic mass is 32.1. The minimum absolute atomic E-state index is 0.0646. The van der Waals surface area contributed by atoms with E-state index < -0.39 is 18.2 Å². The first-order chi connectivity index (χ1) is 14.3. The molecule has 0 spiro atoms. The van der Waals surface area contributed by atoms with Gasteiger partial charge in [-0.15, -0.1) is 11.3 Å². The van der Waals surface area contributed by atoms with Crippen molar-refractivity contribution in [2.24, 2.45) is 0 Å². The molecule has 3 rings (SSSR count). The van der Waals surface area contributed by atoms with E-state index >= 15 is 0 Å². The molecule has 2 aromatic carbocycles. The molecule has 0 atom stereocenters. The zero-order chi connectivity index (χ0) is 21.7. The van der Waals surface area contributed by atoms with Crippen LogP contribution >= 0.6 is 11.3 Å². The Morgan fingerprint density at radius 1 is 1.17 bits per heavy atom. The molecular formula is C20H17F4N3O2S. The van der Waals surface area contributed by atoms with Crippen LogP contribution in [0.25, 0.3) is 11.3 Å². The number of halogens is 4. The highest BCUT2D eigenvalue weighted by Gasteiger charge is 2.12. The second kappa shape index (κ2) is 9.68. The number of nitrogens with zero attached hydrogens (tertiary/aromatic N) is 2. The van der Waals surface area contributed by atoms with E-state index in [-0.39, 0.29) is 18.2 Å². The van der Waals surface area contributed by atoms with Crippen molar-refractivity contribution in [3.63, 3.8) is 0 Å².